The van der Waals surface area contributed by atoms with Crippen LogP contribution in [0.5, 0.6) is 0 Å². The molecule has 78 valence electrons. The standard InChI is InChI=1S/C10H22N2O/c1-8(2)6-12-7-10(13)5-11-4-9(12)3/h8-11,13H,4-7H2,1-3H3. The zero-order valence-corrected chi connectivity index (χ0v) is 8.95. The minimum absolute atomic E-state index is 0.205. The molecule has 1 heterocycles. The van der Waals surface area contributed by atoms with Crippen molar-refractivity contribution in [2.45, 2.75) is 32.9 Å². The molecule has 1 fully saturated rings. The van der Waals surface area contributed by atoms with E-state index < -0.39 is 0 Å². The summed E-state index contributed by atoms with van der Waals surface area (Å²) >= 11 is 0. The summed E-state index contributed by atoms with van der Waals surface area (Å²) in [5.41, 5.74) is 0. The van der Waals surface area contributed by atoms with Gasteiger partial charge in [0.2, 0.25) is 0 Å². The van der Waals surface area contributed by atoms with E-state index in [1.807, 2.05) is 0 Å². The van der Waals surface area contributed by atoms with Crippen molar-refractivity contribution in [2.75, 3.05) is 26.2 Å². The number of β-amino-alcohol motifs (C(OH)–C–C–N with tert-alkyl or cyclic N) is 1. The summed E-state index contributed by atoms with van der Waals surface area (Å²) in [5, 5.41) is 12.8. The van der Waals surface area contributed by atoms with Gasteiger partial charge in [0.1, 0.15) is 0 Å². The molecule has 1 aliphatic heterocycles. The number of nitrogens with zero attached hydrogens (tertiary/aromatic N) is 1. The molecule has 1 saturated heterocycles. The van der Waals surface area contributed by atoms with E-state index in [4.69, 9.17) is 0 Å². The first-order chi connectivity index (χ1) is 6.09. The Balaban J connectivity index is 2.46. The Labute approximate surface area is 81.1 Å². The molecular weight excluding hydrogens is 164 g/mol. The van der Waals surface area contributed by atoms with Gasteiger partial charge < -0.3 is 10.4 Å². The number of hydrogen-bond acceptors (Lipinski definition) is 3. The highest BCUT2D eigenvalue weighted by Crippen LogP contribution is 2.07. The number of aliphatic hydroxyl groups is 1. The van der Waals surface area contributed by atoms with Gasteiger partial charge in [-0.25, -0.2) is 0 Å². The highest BCUT2D eigenvalue weighted by Gasteiger charge is 2.21. The normalized spacial score (nSPS) is 32.1. The first-order valence-electron chi connectivity index (χ1n) is 5.22. The first-order valence-corrected chi connectivity index (χ1v) is 5.22. The van der Waals surface area contributed by atoms with Gasteiger partial charge in [-0.05, 0) is 12.8 Å². The monoisotopic (exact) mass is 186 g/mol. The molecule has 1 aliphatic rings. The summed E-state index contributed by atoms with van der Waals surface area (Å²) in [6.07, 6.45) is -0.205. The third-order valence-electron chi connectivity index (χ3n) is 2.49. The van der Waals surface area contributed by atoms with Gasteiger partial charge >= 0.3 is 0 Å². The largest absolute Gasteiger partial charge is 0.390 e. The van der Waals surface area contributed by atoms with Crippen LogP contribution in [0, 0.1) is 5.92 Å². The molecule has 0 spiro atoms. The van der Waals surface area contributed by atoms with Crippen molar-refractivity contribution < 1.29 is 5.11 Å². The fourth-order valence-corrected chi connectivity index (χ4v) is 1.83. The maximum atomic E-state index is 9.59. The van der Waals surface area contributed by atoms with E-state index in [0.29, 0.717) is 12.0 Å². The Morgan fingerprint density at radius 2 is 2.15 bits per heavy atom. The molecule has 0 radical (unpaired) electrons. The Morgan fingerprint density at radius 3 is 2.77 bits per heavy atom. The lowest BCUT2D eigenvalue weighted by atomic mass is 10.1. The van der Waals surface area contributed by atoms with E-state index >= 15 is 0 Å². The molecule has 0 saturated carbocycles. The van der Waals surface area contributed by atoms with E-state index in [0.717, 1.165) is 26.2 Å². The number of aliphatic hydroxyl groups excluding tert-OH is 1. The molecular formula is C10H22N2O. The van der Waals surface area contributed by atoms with Crippen molar-refractivity contribution in [2.24, 2.45) is 5.92 Å². The molecule has 1 rings (SSSR count). The molecule has 0 aromatic carbocycles. The SMILES string of the molecule is CC(C)CN1CC(O)CNCC1C. The van der Waals surface area contributed by atoms with E-state index in [1.165, 1.54) is 0 Å². The Morgan fingerprint density at radius 1 is 1.46 bits per heavy atom. The molecule has 2 atom stereocenters. The fourth-order valence-electron chi connectivity index (χ4n) is 1.83. The van der Waals surface area contributed by atoms with Gasteiger partial charge in [0.05, 0.1) is 6.10 Å². The predicted octanol–water partition coefficient (Wildman–Crippen LogP) is 0.297. The molecule has 2 N–H and O–H groups in total. The first kappa shape index (κ1) is 11.0. The second kappa shape index (κ2) is 4.94. The van der Waals surface area contributed by atoms with Crippen molar-refractivity contribution in [1.82, 2.24) is 10.2 Å². The summed E-state index contributed by atoms with van der Waals surface area (Å²) in [6, 6.07) is 0.541. The van der Waals surface area contributed by atoms with Crippen LogP contribution in [0.25, 0.3) is 0 Å². The number of hydrogen-bond donors (Lipinski definition) is 2. The molecule has 0 aliphatic carbocycles. The molecule has 3 heteroatoms. The summed E-state index contributed by atoms with van der Waals surface area (Å²) in [6.45, 7) is 10.3. The lowest BCUT2D eigenvalue weighted by Gasteiger charge is -2.29. The molecule has 2 unspecified atom stereocenters. The van der Waals surface area contributed by atoms with Crippen molar-refractivity contribution >= 4 is 0 Å². The van der Waals surface area contributed by atoms with Crippen LogP contribution in [0.4, 0.5) is 0 Å². The van der Waals surface area contributed by atoms with Crippen molar-refractivity contribution in [1.29, 1.82) is 0 Å². The van der Waals surface area contributed by atoms with Gasteiger partial charge in [-0.3, -0.25) is 4.90 Å². The molecule has 0 aromatic heterocycles. The third kappa shape index (κ3) is 3.63. The minimum Gasteiger partial charge on any atom is -0.390 e. The van der Waals surface area contributed by atoms with Gasteiger partial charge in [0.15, 0.2) is 0 Å². The predicted molar refractivity (Wildman–Crippen MR) is 54.7 cm³/mol. The summed E-state index contributed by atoms with van der Waals surface area (Å²) in [5.74, 6) is 0.674. The topological polar surface area (TPSA) is 35.5 Å². The summed E-state index contributed by atoms with van der Waals surface area (Å²) in [7, 11) is 0. The average Bonchev–Trinajstić information content (AvgIpc) is 2.14. The van der Waals surface area contributed by atoms with Crippen LogP contribution >= 0.6 is 0 Å². The summed E-state index contributed by atoms with van der Waals surface area (Å²) < 4.78 is 0. The van der Waals surface area contributed by atoms with E-state index in [1.54, 1.807) is 0 Å². The average molecular weight is 186 g/mol. The van der Waals surface area contributed by atoms with Crippen LogP contribution in [0.15, 0.2) is 0 Å². The van der Waals surface area contributed by atoms with Crippen LogP contribution in [0.3, 0.4) is 0 Å². The maximum absolute atomic E-state index is 9.59. The number of rotatable bonds is 2. The molecule has 3 nitrogen and oxygen atoms in total. The third-order valence-corrected chi connectivity index (χ3v) is 2.49. The van der Waals surface area contributed by atoms with E-state index in [9.17, 15) is 5.11 Å². The molecule has 13 heavy (non-hydrogen) atoms. The second-order valence-corrected chi connectivity index (χ2v) is 4.51. The van der Waals surface area contributed by atoms with Crippen molar-refractivity contribution in [3.05, 3.63) is 0 Å². The highest BCUT2D eigenvalue weighted by atomic mass is 16.3. The Hall–Kier alpha value is -0.120. The van der Waals surface area contributed by atoms with Gasteiger partial charge in [0, 0.05) is 32.2 Å². The zero-order valence-electron chi connectivity index (χ0n) is 8.95. The van der Waals surface area contributed by atoms with Crippen LogP contribution in [0.2, 0.25) is 0 Å². The van der Waals surface area contributed by atoms with Gasteiger partial charge in [-0.1, -0.05) is 13.8 Å². The Bertz CT molecular complexity index is 150. The minimum atomic E-state index is -0.205. The van der Waals surface area contributed by atoms with Crippen LogP contribution in [0.1, 0.15) is 20.8 Å². The molecule has 0 bridgehead atoms. The fraction of sp³-hybridized carbons (Fsp3) is 1.00. The van der Waals surface area contributed by atoms with E-state index in [-0.39, 0.29) is 6.10 Å². The van der Waals surface area contributed by atoms with Crippen LogP contribution in [-0.2, 0) is 0 Å². The lowest BCUT2D eigenvalue weighted by Crippen LogP contribution is -2.41. The molecule has 0 amide bonds. The quantitative estimate of drug-likeness (QED) is 0.651. The van der Waals surface area contributed by atoms with Gasteiger partial charge in [0.25, 0.3) is 0 Å². The van der Waals surface area contributed by atoms with Gasteiger partial charge in [-0.2, -0.15) is 0 Å². The number of nitrogens with one attached hydrogen (secondary N) is 1. The van der Waals surface area contributed by atoms with E-state index in [2.05, 4.69) is 31.0 Å². The zero-order chi connectivity index (χ0) is 9.84. The van der Waals surface area contributed by atoms with Crippen molar-refractivity contribution in [3.63, 3.8) is 0 Å². The second-order valence-electron chi connectivity index (χ2n) is 4.51. The van der Waals surface area contributed by atoms with Crippen LogP contribution in [-0.4, -0.2) is 48.3 Å². The Kier molecular flexibility index (Phi) is 4.16. The molecule has 0 aromatic rings. The maximum Gasteiger partial charge on any atom is 0.0791 e. The van der Waals surface area contributed by atoms with Crippen LogP contribution < -0.4 is 5.32 Å². The smallest absolute Gasteiger partial charge is 0.0791 e. The van der Waals surface area contributed by atoms with Gasteiger partial charge in [-0.15, -0.1) is 0 Å². The highest BCUT2D eigenvalue weighted by molar-refractivity contribution is 4.79. The van der Waals surface area contributed by atoms with Crippen molar-refractivity contribution in [3.8, 4) is 0 Å². The summed E-state index contributed by atoms with van der Waals surface area (Å²) in [4.78, 5) is 2.37. The lowest BCUT2D eigenvalue weighted by molar-refractivity contribution is 0.106.